The maximum absolute atomic E-state index is 11.1. The number of hydrogen-bond donors (Lipinski definition) is 1. The van der Waals surface area contributed by atoms with E-state index >= 15 is 0 Å². The third-order valence-electron chi connectivity index (χ3n) is 2.11. The van der Waals surface area contributed by atoms with Gasteiger partial charge in [-0.1, -0.05) is 24.3 Å². The Hall–Kier alpha value is -0.660. The Balaban J connectivity index is 2.96. The van der Waals surface area contributed by atoms with Crippen LogP contribution in [-0.4, -0.2) is 13.0 Å². The predicted molar refractivity (Wildman–Crippen MR) is 66.5 cm³/mol. The minimum absolute atomic E-state index is 0.0430. The molecule has 78 valence electrons. The normalized spacial score (nSPS) is 11.9. The van der Waals surface area contributed by atoms with Gasteiger partial charge >= 0.3 is 0 Å². The van der Waals surface area contributed by atoms with Crippen LogP contribution in [0.5, 0.6) is 0 Å². The van der Waals surface area contributed by atoms with Gasteiger partial charge in [-0.3, -0.25) is 4.55 Å². The van der Waals surface area contributed by atoms with Gasteiger partial charge in [0, 0.05) is 8.96 Å². The van der Waals surface area contributed by atoms with Gasteiger partial charge in [0.25, 0.3) is 10.1 Å². The van der Waals surface area contributed by atoms with Crippen molar-refractivity contribution in [2.45, 2.75) is 4.90 Å². The first-order chi connectivity index (χ1) is 7.00. The van der Waals surface area contributed by atoms with E-state index in [1.165, 1.54) is 6.07 Å². The summed E-state index contributed by atoms with van der Waals surface area (Å²) in [6, 6.07) is 10.2. The van der Waals surface area contributed by atoms with Crippen LogP contribution in [0.4, 0.5) is 0 Å². The highest BCUT2D eigenvalue weighted by Gasteiger charge is 2.13. The minimum atomic E-state index is -4.15. The zero-order valence-corrected chi connectivity index (χ0v) is 10.5. The van der Waals surface area contributed by atoms with Crippen molar-refractivity contribution < 1.29 is 13.0 Å². The van der Waals surface area contributed by atoms with Crippen LogP contribution in [0, 0.1) is 3.57 Å². The fraction of sp³-hybridized carbons (Fsp3) is 0. The van der Waals surface area contributed by atoms with Crippen LogP contribution in [0.1, 0.15) is 0 Å². The summed E-state index contributed by atoms with van der Waals surface area (Å²) in [4.78, 5) is -0.0430. The van der Waals surface area contributed by atoms with Crippen molar-refractivity contribution in [1.82, 2.24) is 0 Å². The second kappa shape index (κ2) is 3.73. The van der Waals surface area contributed by atoms with Gasteiger partial charge in [0.2, 0.25) is 0 Å². The van der Waals surface area contributed by atoms with E-state index in [0.29, 0.717) is 5.39 Å². The Labute approximate surface area is 101 Å². The number of rotatable bonds is 1. The molecule has 0 saturated carbocycles. The molecule has 0 atom stereocenters. The molecular formula is C10H7IO3S. The molecule has 0 saturated heterocycles. The first-order valence-corrected chi connectivity index (χ1v) is 6.67. The molecule has 2 rings (SSSR count). The van der Waals surface area contributed by atoms with E-state index in [1.807, 2.05) is 12.1 Å². The van der Waals surface area contributed by atoms with Crippen LogP contribution in [0.2, 0.25) is 0 Å². The third-order valence-corrected chi connectivity index (χ3v) is 3.96. The van der Waals surface area contributed by atoms with Crippen molar-refractivity contribution in [3.8, 4) is 0 Å². The zero-order valence-electron chi connectivity index (χ0n) is 7.51. The average Bonchev–Trinajstić information content (AvgIpc) is 2.16. The monoisotopic (exact) mass is 334 g/mol. The summed E-state index contributed by atoms with van der Waals surface area (Å²) in [6.45, 7) is 0. The number of fused-ring (bicyclic) bond motifs is 1. The number of benzene rings is 2. The Morgan fingerprint density at radius 2 is 1.60 bits per heavy atom. The molecule has 0 aliphatic carbocycles. The molecule has 0 aliphatic rings. The summed E-state index contributed by atoms with van der Waals surface area (Å²) in [5.74, 6) is 0. The quantitative estimate of drug-likeness (QED) is 0.644. The smallest absolute Gasteiger partial charge is 0.282 e. The molecule has 5 heteroatoms. The zero-order chi connectivity index (χ0) is 11.1. The van der Waals surface area contributed by atoms with E-state index in [9.17, 15) is 8.42 Å². The Kier molecular flexibility index (Phi) is 2.70. The highest BCUT2D eigenvalue weighted by atomic mass is 127. The Morgan fingerprint density at radius 3 is 2.27 bits per heavy atom. The molecule has 3 nitrogen and oxygen atoms in total. The minimum Gasteiger partial charge on any atom is -0.282 e. The lowest BCUT2D eigenvalue weighted by atomic mass is 10.1. The standard InChI is InChI=1S/C10H7IO3S/c11-9-5-1-4-8-7(9)3-2-6-10(8)15(12,13)14/h1-6H,(H,12,13,14). The molecule has 2 aromatic rings. The van der Waals surface area contributed by atoms with Gasteiger partial charge in [-0.05, 0) is 40.1 Å². The lowest BCUT2D eigenvalue weighted by Crippen LogP contribution is -1.99. The van der Waals surface area contributed by atoms with Crippen LogP contribution >= 0.6 is 22.6 Å². The van der Waals surface area contributed by atoms with Crippen molar-refractivity contribution in [3.05, 3.63) is 40.0 Å². The molecule has 0 radical (unpaired) electrons. The van der Waals surface area contributed by atoms with Crippen LogP contribution in [-0.2, 0) is 10.1 Å². The highest BCUT2D eigenvalue weighted by Crippen LogP contribution is 2.26. The highest BCUT2D eigenvalue weighted by molar-refractivity contribution is 14.1. The van der Waals surface area contributed by atoms with Crippen molar-refractivity contribution >= 4 is 43.5 Å². The van der Waals surface area contributed by atoms with Crippen LogP contribution < -0.4 is 0 Å². The lowest BCUT2D eigenvalue weighted by molar-refractivity contribution is 0.484. The van der Waals surface area contributed by atoms with Gasteiger partial charge in [0.1, 0.15) is 4.90 Å². The summed E-state index contributed by atoms with van der Waals surface area (Å²) >= 11 is 2.13. The van der Waals surface area contributed by atoms with Crippen molar-refractivity contribution in [2.75, 3.05) is 0 Å². The lowest BCUT2D eigenvalue weighted by Gasteiger charge is -2.04. The van der Waals surface area contributed by atoms with Crippen LogP contribution in [0.3, 0.4) is 0 Å². The number of halogens is 1. The van der Waals surface area contributed by atoms with Crippen LogP contribution in [0.15, 0.2) is 41.3 Å². The van der Waals surface area contributed by atoms with Gasteiger partial charge in [-0.25, -0.2) is 0 Å². The third kappa shape index (κ3) is 1.99. The molecule has 0 unspecified atom stereocenters. The second-order valence-electron chi connectivity index (χ2n) is 3.07. The topological polar surface area (TPSA) is 54.4 Å². The van der Waals surface area contributed by atoms with E-state index < -0.39 is 10.1 Å². The summed E-state index contributed by atoms with van der Waals surface area (Å²) in [7, 11) is -4.15. The number of hydrogen-bond acceptors (Lipinski definition) is 2. The van der Waals surface area contributed by atoms with E-state index in [1.54, 1.807) is 18.2 Å². The average molecular weight is 334 g/mol. The Bertz CT molecular complexity index is 620. The van der Waals surface area contributed by atoms with E-state index in [0.717, 1.165) is 8.96 Å². The van der Waals surface area contributed by atoms with Gasteiger partial charge in [0.15, 0.2) is 0 Å². The largest absolute Gasteiger partial charge is 0.295 e. The molecular weight excluding hydrogens is 327 g/mol. The van der Waals surface area contributed by atoms with Crippen molar-refractivity contribution in [1.29, 1.82) is 0 Å². The molecule has 15 heavy (non-hydrogen) atoms. The van der Waals surface area contributed by atoms with E-state index in [-0.39, 0.29) is 4.90 Å². The van der Waals surface area contributed by atoms with Crippen molar-refractivity contribution in [2.24, 2.45) is 0 Å². The van der Waals surface area contributed by atoms with Gasteiger partial charge < -0.3 is 0 Å². The van der Waals surface area contributed by atoms with Gasteiger partial charge in [-0.15, -0.1) is 0 Å². The first-order valence-electron chi connectivity index (χ1n) is 4.15. The summed E-state index contributed by atoms with van der Waals surface area (Å²) in [6.07, 6.45) is 0. The molecule has 1 N–H and O–H groups in total. The molecule has 0 amide bonds. The summed E-state index contributed by atoms with van der Waals surface area (Å²) in [5, 5.41) is 1.38. The molecule has 0 spiro atoms. The predicted octanol–water partition coefficient (Wildman–Crippen LogP) is 2.69. The van der Waals surface area contributed by atoms with Gasteiger partial charge in [0.05, 0.1) is 0 Å². The summed E-state index contributed by atoms with van der Waals surface area (Å²) in [5.41, 5.74) is 0. The maximum atomic E-state index is 11.1. The summed E-state index contributed by atoms with van der Waals surface area (Å²) < 4.78 is 32.2. The molecule has 0 heterocycles. The molecule has 0 bridgehead atoms. The molecule has 0 fully saturated rings. The van der Waals surface area contributed by atoms with E-state index in [4.69, 9.17) is 4.55 Å². The second-order valence-corrected chi connectivity index (χ2v) is 5.62. The van der Waals surface area contributed by atoms with Crippen LogP contribution in [0.25, 0.3) is 10.8 Å². The molecule has 0 aromatic heterocycles. The van der Waals surface area contributed by atoms with Gasteiger partial charge in [-0.2, -0.15) is 8.42 Å². The Morgan fingerprint density at radius 1 is 1.00 bits per heavy atom. The van der Waals surface area contributed by atoms with Crippen molar-refractivity contribution in [3.63, 3.8) is 0 Å². The first kappa shape index (κ1) is 10.8. The fourth-order valence-corrected chi connectivity index (χ4v) is 2.85. The van der Waals surface area contributed by atoms with E-state index in [2.05, 4.69) is 22.6 Å². The fourth-order valence-electron chi connectivity index (χ4n) is 1.47. The SMILES string of the molecule is O=S(=O)(O)c1cccc2c(I)cccc12. The molecule has 0 aliphatic heterocycles. The maximum Gasteiger partial charge on any atom is 0.295 e. The molecule has 2 aromatic carbocycles.